The number of aliphatic hydroxyl groups is 1. The standard InChI is InChI=1S/C34H46N8O7S/c1-33(2,49)26-17-38-40-42(26)21-16-25(31(47)39-34(27(43)30(37)46)10-12-50-13-11-34)41(18-21)32(48)24(14-19-6-4-3-5-7-19)23-15-20(28(35)44)8-9-22(23)29(36)45/h8-9,15,17,19,21,24-25,49H,3-7,10-14,16,18H2,1-2H3,(H2,35,44)(H2,36,45)(H2,37,46)(H,39,47)/t21-,24?,25-/m0/s1. The van der Waals surface area contributed by atoms with Crippen LogP contribution in [-0.2, 0) is 24.8 Å². The first-order chi connectivity index (χ1) is 23.6. The topological polar surface area (TPSA) is 247 Å². The van der Waals surface area contributed by atoms with Gasteiger partial charge in [0.15, 0.2) is 0 Å². The molecule has 0 bridgehead atoms. The number of rotatable bonds is 12. The van der Waals surface area contributed by atoms with Crippen LogP contribution in [0.1, 0.15) is 116 Å². The van der Waals surface area contributed by atoms with Crippen LogP contribution in [0.3, 0.4) is 0 Å². The zero-order valence-corrected chi connectivity index (χ0v) is 29.2. The molecule has 1 unspecified atom stereocenters. The van der Waals surface area contributed by atoms with Crippen molar-refractivity contribution in [3.8, 4) is 0 Å². The Bertz CT molecular complexity index is 1660. The van der Waals surface area contributed by atoms with E-state index in [1.165, 1.54) is 34.0 Å². The Balaban J connectivity index is 1.59. The average molecular weight is 711 g/mol. The SMILES string of the molecule is CC(C)(O)c1cnnn1[C@H]1C[C@@H](C(=O)NC2(C(=O)C(N)=O)CCSCC2)N(C(=O)C(CC2CCCCC2)c2cc(C(N)=O)ccc2C(N)=O)C1. The number of nitrogens with two attached hydrogens (primary N) is 3. The summed E-state index contributed by atoms with van der Waals surface area (Å²) in [4.78, 5) is 81.2. The summed E-state index contributed by atoms with van der Waals surface area (Å²) in [6, 6.07) is 2.44. The number of hydrogen-bond donors (Lipinski definition) is 5. The monoisotopic (exact) mass is 710 g/mol. The third-order valence-corrected chi connectivity index (χ3v) is 11.3. The van der Waals surface area contributed by atoms with Gasteiger partial charge in [-0.25, -0.2) is 4.68 Å². The second-order valence-electron chi connectivity index (χ2n) is 14.2. The highest BCUT2D eigenvalue weighted by Gasteiger charge is 2.49. The summed E-state index contributed by atoms with van der Waals surface area (Å²) in [6.07, 6.45) is 6.92. The number of nitrogens with zero attached hydrogens (tertiary/aromatic N) is 4. The summed E-state index contributed by atoms with van der Waals surface area (Å²) in [7, 11) is 0. The predicted octanol–water partition coefficient (Wildman–Crippen LogP) is 1.04. The number of amides is 5. The molecule has 3 heterocycles. The molecule has 2 saturated heterocycles. The van der Waals surface area contributed by atoms with Crippen molar-refractivity contribution >= 4 is 47.1 Å². The summed E-state index contributed by atoms with van der Waals surface area (Å²) in [5, 5.41) is 21.9. The maximum atomic E-state index is 15.0. The molecule has 3 aliphatic rings. The number of benzene rings is 1. The lowest BCUT2D eigenvalue weighted by Crippen LogP contribution is -2.62. The fourth-order valence-electron chi connectivity index (χ4n) is 7.66. The van der Waals surface area contributed by atoms with Crippen molar-refractivity contribution in [2.24, 2.45) is 23.1 Å². The fraction of sp³-hybridized carbons (Fsp3) is 0.588. The van der Waals surface area contributed by atoms with Gasteiger partial charge in [-0.05, 0) is 74.3 Å². The van der Waals surface area contributed by atoms with E-state index in [1.807, 2.05) is 0 Å². The minimum atomic E-state index is -1.52. The molecule has 2 aliphatic heterocycles. The van der Waals surface area contributed by atoms with Gasteiger partial charge in [-0.2, -0.15) is 11.8 Å². The zero-order chi connectivity index (χ0) is 36.4. The number of ketones is 1. The van der Waals surface area contributed by atoms with Crippen LogP contribution in [0.5, 0.6) is 0 Å². The molecule has 1 saturated carbocycles. The van der Waals surface area contributed by atoms with Gasteiger partial charge in [0.05, 0.1) is 23.9 Å². The van der Waals surface area contributed by atoms with Gasteiger partial charge in [0.25, 0.3) is 5.91 Å². The summed E-state index contributed by atoms with van der Waals surface area (Å²) < 4.78 is 1.49. The van der Waals surface area contributed by atoms with Crippen LogP contribution in [0.2, 0.25) is 0 Å². The molecule has 5 amide bonds. The molecule has 270 valence electrons. The van der Waals surface area contributed by atoms with E-state index in [0.29, 0.717) is 23.6 Å². The van der Waals surface area contributed by atoms with Crippen molar-refractivity contribution in [1.29, 1.82) is 0 Å². The minimum Gasteiger partial charge on any atom is -0.384 e. The van der Waals surface area contributed by atoms with E-state index in [2.05, 4.69) is 15.6 Å². The molecule has 5 rings (SSSR count). The van der Waals surface area contributed by atoms with Crippen LogP contribution in [0, 0.1) is 5.92 Å². The van der Waals surface area contributed by atoms with E-state index >= 15 is 4.79 Å². The van der Waals surface area contributed by atoms with Gasteiger partial charge in [0.2, 0.25) is 29.4 Å². The minimum absolute atomic E-state index is 0.0292. The molecule has 8 N–H and O–H groups in total. The molecule has 1 aliphatic carbocycles. The molecule has 3 atom stereocenters. The highest BCUT2D eigenvalue weighted by Crippen LogP contribution is 2.40. The second kappa shape index (κ2) is 14.9. The van der Waals surface area contributed by atoms with Gasteiger partial charge in [-0.1, -0.05) is 37.3 Å². The number of thioether (sulfide) groups is 1. The third kappa shape index (κ3) is 7.70. The number of likely N-dealkylation sites (tertiary alicyclic amines) is 1. The fourth-order valence-corrected chi connectivity index (χ4v) is 8.85. The Morgan fingerprint density at radius 3 is 2.32 bits per heavy atom. The average Bonchev–Trinajstić information content (AvgIpc) is 3.76. The van der Waals surface area contributed by atoms with Crippen molar-refractivity contribution in [3.05, 3.63) is 46.8 Å². The van der Waals surface area contributed by atoms with E-state index in [0.717, 1.165) is 32.1 Å². The van der Waals surface area contributed by atoms with Crippen LogP contribution >= 0.6 is 11.8 Å². The van der Waals surface area contributed by atoms with Crippen LogP contribution < -0.4 is 22.5 Å². The molecular formula is C34H46N8O7S. The van der Waals surface area contributed by atoms with Gasteiger partial charge >= 0.3 is 0 Å². The van der Waals surface area contributed by atoms with Crippen molar-refractivity contribution in [2.75, 3.05) is 18.1 Å². The molecule has 3 fully saturated rings. The lowest BCUT2D eigenvalue weighted by Gasteiger charge is -2.37. The Morgan fingerprint density at radius 1 is 1.04 bits per heavy atom. The molecule has 50 heavy (non-hydrogen) atoms. The summed E-state index contributed by atoms with van der Waals surface area (Å²) >= 11 is 1.59. The second-order valence-corrected chi connectivity index (χ2v) is 15.4. The van der Waals surface area contributed by atoms with Crippen molar-refractivity contribution in [3.63, 3.8) is 0 Å². The van der Waals surface area contributed by atoms with Crippen LogP contribution in [0.25, 0.3) is 0 Å². The normalized spacial score (nSPS) is 21.7. The molecule has 15 nitrogen and oxygen atoms in total. The highest BCUT2D eigenvalue weighted by atomic mass is 32.2. The van der Waals surface area contributed by atoms with E-state index < -0.39 is 64.5 Å². The molecule has 0 radical (unpaired) electrons. The summed E-state index contributed by atoms with van der Waals surface area (Å²) in [5.41, 5.74) is 14.7. The summed E-state index contributed by atoms with van der Waals surface area (Å²) in [5.74, 6) is -4.56. The molecule has 1 aromatic heterocycles. The van der Waals surface area contributed by atoms with Gasteiger partial charge < -0.3 is 32.5 Å². The lowest BCUT2D eigenvalue weighted by atomic mass is 9.78. The van der Waals surface area contributed by atoms with Gasteiger partial charge in [0, 0.05) is 24.1 Å². The van der Waals surface area contributed by atoms with E-state index in [9.17, 15) is 29.1 Å². The highest BCUT2D eigenvalue weighted by molar-refractivity contribution is 7.99. The number of hydrogen-bond acceptors (Lipinski definition) is 10. The first-order valence-electron chi connectivity index (χ1n) is 17.0. The smallest absolute Gasteiger partial charge is 0.287 e. The quantitative estimate of drug-likeness (QED) is 0.196. The Labute approximate surface area is 294 Å². The molecule has 2 aromatic rings. The maximum Gasteiger partial charge on any atom is 0.287 e. The number of nitrogens with one attached hydrogen (secondary N) is 1. The Morgan fingerprint density at radius 2 is 1.72 bits per heavy atom. The third-order valence-electron chi connectivity index (χ3n) is 10.3. The molecule has 1 aromatic carbocycles. The van der Waals surface area contributed by atoms with Crippen LogP contribution in [0.15, 0.2) is 24.4 Å². The Kier molecular flexibility index (Phi) is 11.0. The first-order valence-corrected chi connectivity index (χ1v) is 18.2. The number of aromatic nitrogens is 3. The number of carbonyl (C=O) groups is 6. The van der Waals surface area contributed by atoms with Crippen molar-refractivity contribution in [1.82, 2.24) is 25.2 Å². The predicted molar refractivity (Wildman–Crippen MR) is 183 cm³/mol. The van der Waals surface area contributed by atoms with Crippen molar-refractivity contribution in [2.45, 2.75) is 101 Å². The first kappa shape index (κ1) is 37.0. The van der Waals surface area contributed by atoms with E-state index in [4.69, 9.17) is 17.2 Å². The number of carbonyl (C=O) groups excluding carboxylic acids is 6. The lowest BCUT2D eigenvalue weighted by molar-refractivity contribution is -0.145. The van der Waals surface area contributed by atoms with Gasteiger partial charge in [0.1, 0.15) is 17.2 Å². The summed E-state index contributed by atoms with van der Waals surface area (Å²) in [6.45, 7) is 3.11. The molecule has 16 heteroatoms. The van der Waals surface area contributed by atoms with Crippen molar-refractivity contribution < 1.29 is 33.9 Å². The largest absolute Gasteiger partial charge is 0.384 e. The van der Waals surface area contributed by atoms with E-state index in [1.54, 1.807) is 25.6 Å². The maximum absolute atomic E-state index is 15.0. The molecular weight excluding hydrogens is 664 g/mol. The number of Topliss-reactive ketones (excluding diaryl/α,β-unsaturated/α-hetero) is 1. The molecule has 0 spiro atoms. The van der Waals surface area contributed by atoms with Gasteiger partial charge in [-0.15, -0.1) is 5.10 Å². The Hall–Kier alpha value is -4.31. The van der Waals surface area contributed by atoms with E-state index in [-0.39, 0.29) is 48.4 Å². The van der Waals surface area contributed by atoms with Crippen LogP contribution in [-0.4, -0.2) is 90.0 Å². The number of primary amides is 3. The van der Waals surface area contributed by atoms with Gasteiger partial charge in [-0.3, -0.25) is 28.8 Å². The zero-order valence-electron chi connectivity index (χ0n) is 28.4. The van der Waals surface area contributed by atoms with Crippen LogP contribution in [0.4, 0.5) is 0 Å².